The van der Waals surface area contributed by atoms with Gasteiger partial charge in [-0.25, -0.2) is 0 Å². The third kappa shape index (κ3) is 4.72. The zero-order chi connectivity index (χ0) is 27.9. The van der Waals surface area contributed by atoms with Gasteiger partial charge in [-0.3, -0.25) is 0 Å². The molecular weight excluding hydrogens is 588 g/mol. The second-order valence-electron chi connectivity index (χ2n) is 11.5. The number of hydrogen-bond donors (Lipinski definition) is 0. The molecule has 0 saturated carbocycles. The van der Waals surface area contributed by atoms with E-state index in [1.54, 1.807) is 22.3 Å². The maximum absolute atomic E-state index is 2.62. The van der Waals surface area contributed by atoms with Crippen molar-refractivity contribution in [2.75, 3.05) is 0 Å². The van der Waals surface area contributed by atoms with Gasteiger partial charge in [-0.05, 0) is 0 Å². The molecule has 198 valence electrons. The summed E-state index contributed by atoms with van der Waals surface area (Å²) in [6.45, 7) is 7.66. The van der Waals surface area contributed by atoms with Crippen molar-refractivity contribution in [1.29, 1.82) is 0 Å². The monoisotopic (exact) mass is 620 g/mol. The fourth-order valence-corrected chi connectivity index (χ4v) is 27.4. The van der Waals surface area contributed by atoms with Crippen LogP contribution in [0.25, 0.3) is 40.0 Å². The third-order valence-corrected chi connectivity index (χ3v) is 28.4. The van der Waals surface area contributed by atoms with Gasteiger partial charge in [0.25, 0.3) is 0 Å². The van der Waals surface area contributed by atoms with Gasteiger partial charge in [0.2, 0.25) is 0 Å². The van der Waals surface area contributed by atoms with Gasteiger partial charge in [0, 0.05) is 0 Å². The molecule has 41 heavy (non-hydrogen) atoms. The molecule has 0 spiro atoms. The summed E-state index contributed by atoms with van der Waals surface area (Å²) < 4.78 is 1.14. The molecule has 2 atom stereocenters. The van der Waals surface area contributed by atoms with E-state index in [4.69, 9.17) is 0 Å². The molecule has 5 aromatic carbocycles. The normalized spacial score (nSPS) is 17.0. The van der Waals surface area contributed by atoms with E-state index in [2.05, 4.69) is 160 Å². The standard InChI is InChI=1S/C21H15.C16H13.C2H6Si.Zr/c1-3-8-16(9-4-1)19-14-18-12-7-13-20(21(18)15-19)17-10-5-2-6-11-17;1-12-10-14-8-5-9-15(16(14)11-12)13-6-3-2-4-7-13;1-3-2;/h1-15H;2-11H,1H3;1-2H3;. The van der Waals surface area contributed by atoms with Crippen LogP contribution in [0.3, 0.4) is 0 Å². The topological polar surface area (TPSA) is 0 Å². The summed E-state index contributed by atoms with van der Waals surface area (Å²) in [7, 11) is 0. The van der Waals surface area contributed by atoms with Gasteiger partial charge in [0.05, 0.1) is 0 Å². The van der Waals surface area contributed by atoms with Crippen molar-refractivity contribution in [2.24, 2.45) is 0 Å². The summed E-state index contributed by atoms with van der Waals surface area (Å²) in [4.78, 5) is 0. The number of hydrogen-bond acceptors (Lipinski definition) is 0. The van der Waals surface area contributed by atoms with Crippen LogP contribution in [-0.2, 0) is 20.4 Å². The van der Waals surface area contributed by atoms with Gasteiger partial charge in [0.1, 0.15) is 0 Å². The van der Waals surface area contributed by atoms with Crippen LogP contribution in [0.15, 0.2) is 133 Å². The SMILES string of the molecule is CC1=Cc2c(-c3ccccc3)cccc2[CH]1[Zr]([CH]1C(c2ccccc2)=Cc2c(-c3ccccc3)cccc21)=[Si](C)C. The second-order valence-corrected chi connectivity index (χ2v) is 29.4. The molecule has 2 aliphatic rings. The first-order chi connectivity index (χ1) is 20.1. The quantitative estimate of drug-likeness (QED) is 0.171. The Morgan fingerprint density at radius 2 is 0.951 bits per heavy atom. The molecule has 2 aliphatic carbocycles. The Labute approximate surface area is 252 Å². The number of fused-ring (bicyclic) bond motifs is 2. The van der Waals surface area contributed by atoms with Gasteiger partial charge in [-0.2, -0.15) is 0 Å². The van der Waals surface area contributed by atoms with Crippen molar-refractivity contribution in [3.05, 3.63) is 161 Å². The molecule has 0 fully saturated rings. The Bertz CT molecular complexity index is 1840. The molecule has 7 rings (SSSR count). The van der Waals surface area contributed by atoms with Gasteiger partial charge < -0.3 is 0 Å². The van der Waals surface area contributed by atoms with Crippen LogP contribution in [0.4, 0.5) is 0 Å². The number of rotatable bonds is 5. The number of allylic oxidation sites excluding steroid dienone is 2. The maximum atomic E-state index is 2.62. The third-order valence-electron chi connectivity index (χ3n) is 8.82. The van der Waals surface area contributed by atoms with Gasteiger partial charge in [0.15, 0.2) is 0 Å². The van der Waals surface area contributed by atoms with Crippen LogP contribution in [-0.4, -0.2) is 5.43 Å². The van der Waals surface area contributed by atoms with Crippen LogP contribution in [0.2, 0.25) is 13.1 Å². The predicted molar refractivity (Wildman–Crippen MR) is 175 cm³/mol. The molecule has 0 amide bonds. The molecule has 0 N–H and O–H groups in total. The zero-order valence-corrected chi connectivity index (χ0v) is 27.4. The van der Waals surface area contributed by atoms with Crippen LogP contribution >= 0.6 is 0 Å². The van der Waals surface area contributed by atoms with Crippen molar-refractivity contribution in [3.63, 3.8) is 0 Å². The first kappa shape index (κ1) is 26.6. The molecule has 0 heterocycles. The molecule has 2 heteroatoms. The molecule has 0 aromatic heterocycles. The Balaban J connectivity index is 1.43. The van der Waals surface area contributed by atoms with E-state index in [0.29, 0.717) is 7.25 Å². The minimum absolute atomic E-state index is 0.533. The van der Waals surface area contributed by atoms with E-state index < -0.39 is 25.8 Å². The Hall–Kier alpha value is -3.32. The van der Waals surface area contributed by atoms with Gasteiger partial charge >= 0.3 is 254 Å². The summed E-state index contributed by atoms with van der Waals surface area (Å²) >= 11 is -2.25. The average molecular weight is 622 g/mol. The van der Waals surface area contributed by atoms with Crippen LogP contribution in [0, 0.1) is 0 Å². The van der Waals surface area contributed by atoms with Crippen molar-refractivity contribution in [1.82, 2.24) is 0 Å². The summed E-state index contributed by atoms with van der Waals surface area (Å²) in [6, 6.07) is 47.3. The molecule has 0 saturated heterocycles. The molecule has 2 unspecified atom stereocenters. The van der Waals surface area contributed by atoms with Crippen LogP contribution in [0.5, 0.6) is 0 Å². The Kier molecular flexibility index (Phi) is 7.23. The van der Waals surface area contributed by atoms with Crippen LogP contribution in [0.1, 0.15) is 42.0 Å². The molecule has 5 aromatic rings. The van der Waals surface area contributed by atoms with Crippen molar-refractivity contribution in [3.8, 4) is 22.3 Å². The summed E-state index contributed by atoms with van der Waals surface area (Å²) in [5.74, 6) is 0. The Morgan fingerprint density at radius 1 is 0.488 bits per heavy atom. The van der Waals surface area contributed by atoms with Crippen LogP contribution < -0.4 is 0 Å². The van der Waals surface area contributed by atoms with E-state index in [1.165, 1.54) is 38.9 Å². The van der Waals surface area contributed by atoms with E-state index in [9.17, 15) is 0 Å². The van der Waals surface area contributed by atoms with E-state index in [1.807, 2.05) is 0 Å². The second kappa shape index (κ2) is 11.2. The van der Waals surface area contributed by atoms with Crippen molar-refractivity contribution in [2.45, 2.75) is 27.3 Å². The van der Waals surface area contributed by atoms with Gasteiger partial charge in [-0.15, -0.1) is 0 Å². The summed E-state index contributed by atoms with van der Waals surface area (Å²) in [6.07, 6.45) is 5.11. The van der Waals surface area contributed by atoms with E-state index >= 15 is 0 Å². The van der Waals surface area contributed by atoms with Gasteiger partial charge in [-0.1, -0.05) is 0 Å². The summed E-state index contributed by atoms with van der Waals surface area (Å²) in [5.41, 5.74) is 15.5. The predicted octanol–water partition coefficient (Wildman–Crippen LogP) is 10.6. The zero-order valence-electron chi connectivity index (χ0n) is 23.9. The first-order valence-corrected chi connectivity index (χ1v) is 23.6. The van der Waals surface area contributed by atoms with E-state index in [0.717, 1.165) is 0 Å². The number of benzene rings is 5. The van der Waals surface area contributed by atoms with E-state index in [-0.39, 0.29) is 0 Å². The summed E-state index contributed by atoms with van der Waals surface area (Å²) in [5, 5.41) is 0. The molecule has 0 bridgehead atoms. The average Bonchev–Trinajstić information content (AvgIpc) is 3.56. The van der Waals surface area contributed by atoms with Crippen molar-refractivity contribution >= 4 is 23.2 Å². The fourth-order valence-electron chi connectivity index (χ4n) is 7.07. The van der Waals surface area contributed by atoms with Crippen molar-refractivity contribution < 1.29 is 20.4 Å². The molecule has 0 radical (unpaired) electrons. The minimum atomic E-state index is -2.25. The molecule has 0 nitrogen and oxygen atoms in total. The molecule has 0 aliphatic heterocycles. The Morgan fingerprint density at radius 3 is 1.46 bits per heavy atom. The first-order valence-electron chi connectivity index (χ1n) is 14.6. The molecular formula is C39H34SiZr. The fraction of sp³-hybridized carbons (Fsp3) is 0.128.